The van der Waals surface area contributed by atoms with Gasteiger partial charge in [-0.05, 0) is 68.6 Å². The van der Waals surface area contributed by atoms with Gasteiger partial charge in [-0.3, -0.25) is 4.79 Å². The third-order valence-electron chi connectivity index (χ3n) is 5.55. The molecule has 1 aromatic rings. The molecule has 1 N–H and O–H groups in total. The van der Waals surface area contributed by atoms with Crippen LogP contribution >= 0.6 is 0 Å². The van der Waals surface area contributed by atoms with Crippen molar-refractivity contribution in [1.29, 1.82) is 0 Å². The molecule has 1 amide bonds. The number of fused-ring (bicyclic) bond motifs is 2. The Labute approximate surface area is 133 Å². The van der Waals surface area contributed by atoms with Crippen LogP contribution in [0, 0.1) is 25.7 Å². The molecule has 0 aromatic heterocycles. The van der Waals surface area contributed by atoms with E-state index >= 15 is 0 Å². The zero-order valence-electron chi connectivity index (χ0n) is 13.9. The van der Waals surface area contributed by atoms with Crippen LogP contribution in [0.1, 0.15) is 50.2 Å². The molecule has 4 atom stereocenters. The minimum atomic E-state index is -0.389. The number of carbonyl (C=O) groups excluding carboxylic acids is 1. The van der Waals surface area contributed by atoms with Gasteiger partial charge in [-0.2, -0.15) is 0 Å². The van der Waals surface area contributed by atoms with E-state index in [1.807, 2.05) is 26.0 Å². The van der Waals surface area contributed by atoms with Gasteiger partial charge in [-0.25, -0.2) is 0 Å². The van der Waals surface area contributed by atoms with Crippen LogP contribution in [0.2, 0.25) is 0 Å². The first-order chi connectivity index (χ1) is 10.6. The fourth-order valence-electron chi connectivity index (χ4n) is 4.02. The molecule has 4 unspecified atom stereocenters. The Morgan fingerprint density at radius 1 is 1.32 bits per heavy atom. The minimum absolute atomic E-state index is 0.0564. The van der Waals surface area contributed by atoms with Crippen molar-refractivity contribution in [3.8, 4) is 5.75 Å². The van der Waals surface area contributed by atoms with E-state index in [4.69, 9.17) is 4.74 Å². The normalized spacial score (nSPS) is 27.7. The standard InChI is InChI=1S/C19H27NO2/c1-4-17(22-18-7-5-6-12(2)13(18)3)19(21)20-16-11-14-8-9-15(16)10-14/h5-7,14-17H,4,8-11H2,1-3H3,(H,20,21). The van der Waals surface area contributed by atoms with Gasteiger partial charge in [0, 0.05) is 6.04 Å². The highest BCUT2D eigenvalue weighted by molar-refractivity contribution is 5.81. The average Bonchev–Trinajstić information content (AvgIpc) is 3.11. The first kappa shape index (κ1) is 15.4. The van der Waals surface area contributed by atoms with Crippen LogP contribution in [0.4, 0.5) is 0 Å². The fourth-order valence-corrected chi connectivity index (χ4v) is 4.02. The second kappa shape index (κ2) is 6.31. The Bertz CT molecular complexity index is 554. The highest BCUT2D eigenvalue weighted by atomic mass is 16.5. The molecule has 0 saturated heterocycles. The number of rotatable bonds is 5. The van der Waals surface area contributed by atoms with Crippen molar-refractivity contribution in [2.24, 2.45) is 11.8 Å². The maximum Gasteiger partial charge on any atom is 0.261 e. The summed E-state index contributed by atoms with van der Waals surface area (Å²) in [4.78, 5) is 12.6. The van der Waals surface area contributed by atoms with Gasteiger partial charge in [0.25, 0.3) is 5.91 Å². The van der Waals surface area contributed by atoms with Crippen LogP contribution in [-0.2, 0) is 4.79 Å². The van der Waals surface area contributed by atoms with Crippen LogP contribution in [0.25, 0.3) is 0 Å². The maximum absolute atomic E-state index is 12.6. The van der Waals surface area contributed by atoms with Gasteiger partial charge >= 0.3 is 0 Å². The summed E-state index contributed by atoms with van der Waals surface area (Å²) in [5.41, 5.74) is 2.31. The molecule has 3 heteroatoms. The zero-order chi connectivity index (χ0) is 15.7. The quantitative estimate of drug-likeness (QED) is 0.899. The molecule has 0 spiro atoms. The largest absolute Gasteiger partial charge is 0.480 e. The van der Waals surface area contributed by atoms with Gasteiger partial charge in [-0.15, -0.1) is 0 Å². The second-order valence-electron chi connectivity index (χ2n) is 7.00. The number of benzene rings is 1. The van der Waals surface area contributed by atoms with Crippen molar-refractivity contribution in [3.05, 3.63) is 29.3 Å². The number of nitrogens with one attached hydrogen (secondary N) is 1. The Morgan fingerprint density at radius 3 is 2.77 bits per heavy atom. The van der Waals surface area contributed by atoms with E-state index in [1.54, 1.807) is 0 Å². The molecule has 2 aliphatic carbocycles. The van der Waals surface area contributed by atoms with Crippen LogP contribution in [-0.4, -0.2) is 18.1 Å². The molecule has 2 aliphatic rings. The van der Waals surface area contributed by atoms with Crippen LogP contribution < -0.4 is 10.1 Å². The van der Waals surface area contributed by atoms with Crippen molar-refractivity contribution in [2.75, 3.05) is 0 Å². The summed E-state index contributed by atoms with van der Waals surface area (Å²) in [5.74, 6) is 2.43. The van der Waals surface area contributed by atoms with E-state index in [9.17, 15) is 4.79 Å². The lowest BCUT2D eigenvalue weighted by atomic mass is 9.95. The van der Waals surface area contributed by atoms with Gasteiger partial charge in [0.15, 0.2) is 6.10 Å². The van der Waals surface area contributed by atoms with Crippen molar-refractivity contribution in [1.82, 2.24) is 5.32 Å². The number of hydrogen-bond acceptors (Lipinski definition) is 2. The third kappa shape index (κ3) is 2.99. The molecular formula is C19H27NO2. The molecule has 2 fully saturated rings. The molecule has 3 rings (SSSR count). The Morgan fingerprint density at radius 2 is 2.14 bits per heavy atom. The first-order valence-corrected chi connectivity index (χ1v) is 8.61. The highest BCUT2D eigenvalue weighted by Crippen LogP contribution is 2.44. The van der Waals surface area contributed by atoms with Crippen molar-refractivity contribution >= 4 is 5.91 Å². The van der Waals surface area contributed by atoms with E-state index < -0.39 is 0 Å². The first-order valence-electron chi connectivity index (χ1n) is 8.61. The summed E-state index contributed by atoms with van der Waals surface area (Å²) in [5, 5.41) is 3.25. The summed E-state index contributed by atoms with van der Waals surface area (Å²) in [6, 6.07) is 6.38. The Balaban J connectivity index is 1.63. The summed E-state index contributed by atoms with van der Waals surface area (Å²) >= 11 is 0. The molecule has 0 radical (unpaired) electrons. The van der Waals surface area contributed by atoms with Gasteiger partial charge in [-0.1, -0.05) is 25.5 Å². The van der Waals surface area contributed by atoms with E-state index in [0.717, 1.165) is 23.7 Å². The van der Waals surface area contributed by atoms with Crippen molar-refractivity contribution in [2.45, 2.75) is 65.0 Å². The monoisotopic (exact) mass is 301 g/mol. The van der Waals surface area contributed by atoms with Crippen LogP contribution in [0.5, 0.6) is 5.75 Å². The third-order valence-corrected chi connectivity index (χ3v) is 5.55. The number of ether oxygens (including phenoxy) is 1. The maximum atomic E-state index is 12.6. The number of carbonyl (C=O) groups is 1. The molecular weight excluding hydrogens is 274 g/mol. The smallest absolute Gasteiger partial charge is 0.261 e. The lowest BCUT2D eigenvalue weighted by Crippen LogP contribution is -2.45. The SMILES string of the molecule is CCC(Oc1cccc(C)c1C)C(=O)NC1CC2CCC1C2. The van der Waals surface area contributed by atoms with Crippen molar-refractivity contribution in [3.63, 3.8) is 0 Å². The predicted molar refractivity (Wildman–Crippen MR) is 88.0 cm³/mol. The molecule has 3 nitrogen and oxygen atoms in total. The van der Waals surface area contributed by atoms with Crippen LogP contribution in [0.15, 0.2) is 18.2 Å². The summed E-state index contributed by atoms with van der Waals surface area (Å²) in [7, 11) is 0. The van der Waals surface area contributed by atoms with Gasteiger partial charge in [0.2, 0.25) is 0 Å². The van der Waals surface area contributed by atoms with E-state index in [-0.39, 0.29) is 12.0 Å². The van der Waals surface area contributed by atoms with Crippen LogP contribution in [0.3, 0.4) is 0 Å². The molecule has 2 saturated carbocycles. The topological polar surface area (TPSA) is 38.3 Å². The van der Waals surface area contributed by atoms with E-state index in [0.29, 0.717) is 18.4 Å². The van der Waals surface area contributed by atoms with E-state index in [2.05, 4.69) is 18.3 Å². The molecule has 0 aliphatic heterocycles. The Hall–Kier alpha value is -1.51. The molecule has 2 bridgehead atoms. The highest BCUT2D eigenvalue weighted by Gasteiger charge is 2.40. The molecule has 1 aromatic carbocycles. The fraction of sp³-hybridized carbons (Fsp3) is 0.632. The molecule has 0 heterocycles. The minimum Gasteiger partial charge on any atom is -0.480 e. The van der Waals surface area contributed by atoms with Gasteiger partial charge in [0.05, 0.1) is 0 Å². The summed E-state index contributed by atoms with van der Waals surface area (Å²) in [6.07, 6.45) is 5.41. The lowest BCUT2D eigenvalue weighted by molar-refractivity contribution is -0.129. The second-order valence-corrected chi connectivity index (χ2v) is 7.00. The van der Waals surface area contributed by atoms with Gasteiger partial charge < -0.3 is 10.1 Å². The van der Waals surface area contributed by atoms with E-state index in [1.165, 1.54) is 24.8 Å². The van der Waals surface area contributed by atoms with Crippen molar-refractivity contribution < 1.29 is 9.53 Å². The number of hydrogen-bond donors (Lipinski definition) is 1. The lowest BCUT2D eigenvalue weighted by Gasteiger charge is -2.26. The van der Waals surface area contributed by atoms with Gasteiger partial charge in [0.1, 0.15) is 5.75 Å². The zero-order valence-corrected chi connectivity index (χ0v) is 13.9. The number of amides is 1. The molecule has 120 valence electrons. The molecule has 22 heavy (non-hydrogen) atoms. The Kier molecular flexibility index (Phi) is 4.42. The number of aryl methyl sites for hydroxylation is 1. The average molecular weight is 301 g/mol. The summed E-state index contributed by atoms with van der Waals surface area (Å²) in [6.45, 7) is 6.12. The summed E-state index contributed by atoms with van der Waals surface area (Å²) < 4.78 is 6.02. The predicted octanol–water partition coefficient (Wildman–Crippen LogP) is 3.77.